The van der Waals surface area contributed by atoms with Crippen LogP contribution < -0.4 is 10.6 Å². The van der Waals surface area contributed by atoms with Crippen molar-refractivity contribution >= 4 is 28.5 Å². The molecule has 3 N–H and O–H groups in total. The summed E-state index contributed by atoms with van der Waals surface area (Å²) in [5.41, 5.74) is 0. The van der Waals surface area contributed by atoms with E-state index in [0.717, 1.165) is 5.01 Å². The van der Waals surface area contributed by atoms with Crippen molar-refractivity contribution < 1.29 is 14.7 Å². The Bertz CT molecular complexity index is 379. The fourth-order valence-corrected chi connectivity index (χ4v) is 1.52. The molecule has 2 amide bonds. The fraction of sp³-hybridized carbons (Fsp3) is 0.500. The van der Waals surface area contributed by atoms with Crippen LogP contribution in [0.15, 0.2) is 0 Å². The van der Waals surface area contributed by atoms with Gasteiger partial charge in [-0.1, -0.05) is 11.3 Å². The molecule has 0 spiro atoms. The number of carboxylic acid groups (broad SMARTS) is 1. The maximum Gasteiger partial charge on any atom is 0.321 e. The van der Waals surface area contributed by atoms with Crippen LogP contribution in [0.5, 0.6) is 0 Å². The minimum atomic E-state index is -0.873. The second kappa shape index (κ2) is 6.01. The van der Waals surface area contributed by atoms with E-state index in [0.29, 0.717) is 18.1 Å². The SMILES string of the molecule is Cc1nnc(NC(=O)NCCCC(=O)O)s1. The molecule has 88 valence electrons. The summed E-state index contributed by atoms with van der Waals surface area (Å²) in [5.74, 6) is -0.873. The summed E-state index contributed by atoms with van der Waals surface area (Å²) in [5, 5.41) is 22.0. The summed E-state index contributed by atoms with van der Waals surface area (Å²) < 4.78 is 0. The molecule has 1 aromatic heterocycles. The lowest BCUT2D eigenvalue weighted by Crippen LogP contribution is -2.29. The van der Waals surface area contributed by atoms with Crippen molar-refractivity contribution in [2.45, 2.75) is 19.8 Å². The molecule has 1 heterocycles. The molecule has 0 saturated carbocycles. The van der Waals surface area contributed by atoms with Gasteiger partial charge in [0.1, 0.15) is 5.01 Å². The monoisotopic (exact) mass is 244 g/mol. The molecule has 0 atom stereocenters. The summed E-state index contributed by atoms with van der Waals surface area (Å²) in [6.45, 7) is 2.10. The van der Waals surface area contributed by atoms with Gasteiger partial charge in [0.25, 0.3) is 0 Å². The Labute approximate surface area is 95.9 Å². The van der Waals surface area contributed by atoms with Gasteiger partial charge < -0.3 is 10.4 Å². The summed E-state index contributed by atoms with van der Waals surface area (Å²) >= 11 is 1.27. The Balaban J connectivity index is 2.18. The number of nitrogens with zero attached hydrogens (tertiary/aromatic N) is 2. The molecule has 0 aliphatic heterocycles. The van der Waals surface area contributed by atoms with E-state index >= 15 is 0 Å². The van der Waals surface area contributed by atoms with E-state index in [1.165, 1.54) is 11.3 Å². The quantitative estimate of drug-likeness (QED) is 0.665. The third kappa shape index (κ3) is 4.69. The second-order valence-corrected chi connectivity index (χ2v) is 4.19. The van der Waals surface area contributed by atoms with Crippen LogP contribution in [0.2, 0.25) is 0 Å². The number of carboxylic acids is 1. The molecule has 16 heavy (non-hydrogen) atoms. The van der Waals surface area contributed by atoms with Crippen molar-refractivity contribution in [3.05, 3.63) is 5.01 Å². The number of hydrogen-bond acceptors (Lipinski definition) is 5. The van der Waals surface area contributed by atoms with E-state index in [2.05, 4.69) is 20.8 Å². The third-order valence-corrected chi connectivity index (χ3v) is 2.35. The maximum absolute atomic E-state index is 11.2. The largest absolute Gasteiger partial charge is 0.481 e. The van der Waals surface area contributed by atoms with Crippen LogP contribution in [-0.2, 0) is 4.79 Å². The molecular formula is C8H12N4O3S. The topological polar surface area (TPSA) is 104 Å². The number of anilines is 1. The molecule has 0 unspecified atom stereocenters. The van der Waals surface area contributed by atoms with E-state index in [9.17, 15) is 9.59 Å². The number of carbonyl (C=O) groups excluding carboxylic acids is 1. The molecular weight excluding hydrogens is 232 g/mol. The number of carbonyl (C=O) groups is 2. The van der Waals surface area contributed by atoms with Crippen molar-refractivity contribution in [1.29, 1.82) is 0 Å². The molecule has 8 heteroatoms. The van der Waals surface area contributed by atoms with Gasteiger partial charge in [-0.05, 0) is 13.3 Å². The average Bonchev–Trinajstić information content (AvgIpc) is 2.58. The van der Waals surface area contributed by atoms with Crippen LogP contribution in [0.1, 0.15) is 17.8 Å². The van der Waals surface area contributed by atoms with Crippen molar-refractivity contribution in [1.82, 2.24) is 15.5 Å². The van der Waals surface area contributed by atoms with Crippen molar-refractivity contribution in [3.8, 4) is 0 Å². The van der Waals surface area contributed by atoms with Crippen LogP contribution >= 0.6 is 11.3 Å². The van der Waals surface area contributed by atoms with Gasteiger partial charge in [-0.3, -0.25) is 10.1 Å². The van der Waals surface area contributed by atoms with Gasteiger partial charge in [0.05, 0.1) is 0 Å². The summed E-state index contributed by atoms with van der Waals surface area (Å²) in [4.78, 5) is 21.4. The summed E-state index contributed by atoms with van der Waals surface area (Å²) in [6, 6.07) is -0.401. The maximum atomic E-state index is 11.2. The van der Waals surface area contributed by atoms with Crippen LogP contribution in [-0.4, -0.2) is 33.8 Å². The average molecular weight is 244 g/mol. The molecule has 7 nitrogen and oxygen atoms in total. The number of nitrogens with one attached hydrogen (secondary N) is 2. The van der Waals surface area contributed by atoms with Gasteiger partial charge in [-0.2, -0.15) is 0 Å². The van der Waals surface area contributed by atoms with Gasteiger partial charge in [-0.25, -0.2) is 4.79 Å². The van der Waals surface area contributed by atoms with E-state index in [1.807, 2.05) is 0 Å². The third-order valence-electron chi connectivity index (χ3n) is 1.60. The molecule has 0 aliphatic carbocycles. The molecule has 0 aromatic carbocycles. The zero-order chi connectivity index (χ0) is 12.0. The van der Waals surface area contributed by atoms with Gasteiger partial charge in [0.15, 0.2) is 0 Å². The molecule has 0 aliphatic rings. The lowest BCUT2D eigenvalue weighted by atomic mass is 10.3. The summed E-state index contributed by atoms with van der Waals surface area (Å²) in [6.07, 6.45) is 0.441. The Hall–Kier alpha value is -1.70. The molecule has 1 aromatic rings. The van der Waals surface area contributed by atoms with Crippen LogP contribution in [0.25, 0.3) is 0 Å². The van der Waals surface area contributed by atoms with Gasteiger partial charge in [0.2, 0.25) is 5.13 Å². The molecule has 0 fully saturated rings. The van der Waals surface area contributed by atoms with Crippen molar-refractivity contribution in [2.24, 2.45) is 0 Å². The minimum absolute atomic E-state index is 0.0399. The highest BCUT2D eigenvalue weighted by atomic mass is 32.1. The fourth-order valence-electron chi connectivity index (χ4n) is 0.930. The van der Waals surface area contributed by atoms with E-state index < -0.39 is 12.0 Å². The highest BCUT2D eigenvalue weighted by Crippen LogP contribution is 2.12. The predicted molar refractivity (Wildman–Crippen MR) is 58.5 cm³/mol. The number of rotatable bonds is 5. The van der Waals surface area contributed by atoms with E-state index in [1.54, 1.807) is 6.92 Å². The smallest absolute Gasteiger partial charge is 0.321 e. The zero-order valence-corrected chi connectivity index (χ0v) is 9.50. The normalized spacial score (nSPS) is 9.81. The lowest BCUT2D eigenvalue weighted by molar-refractivity contribution is -0.137. The number of amides is 2. The van der Waals surface area contributed by atoms with Gasteiger partial charge in [-0.15, -0.1) is 10.2 Å². The number of aryl methyl sites for hydroxylation is 1. The molecule has 1 rings (SSSR count). The highest BCUT2D eigenvalue weighted by Gasteiger charge is 2.05. The van der Waals surface area contributed by atoms with Crippen molar-refractivity contribution in [3.63, 3.8) is 0 Å². The Morgan fingerprint density at radius 2 is 2.19 bits per heavy atom. The van der Waals surface area contributed by atoms with E-state index in [-0.39, 0.29) is 6.42 Å². The Morgan fingerprint density at radius 3 is 2.75 bits per heavy atom. The highest BCUT2D eigenvalue weighted by molar-refractivity contribution is 7.15. The minimum Gasteiger partial charge on any atom is -0.481 e. The first-order valence-electron chi connectivity index (χ1n) is 4.64. The number of urea groups is 1. The number of hydrogen-bond donors (Lipinski definition) is 3. The molecule has 0 radical (unpaired) electrons. The second-order valence-electron chi connectivity index (χ2n) is 3.00. The van der Waals surface area contributed by atoms with Crippen LogP contribution in [0.4, 0.5) is 9.93 Å². The Morgan fingerprint density at radius 1 is 1.44 bits per heavy atom. The first-order valence-corrected chi connectivity index (χ1v) is 5.46. The lowest BCUT2D eigenvalue weighted by Gasteiger charge is -2.03. The van der Waals surface area contributed by atoms with Gasteiger partial charge in [0, 0.05) is 13.0 Å². The standard InChI is InChI=1S/C8H12N4O3S/c1-5-11-12-8(16-5)10-7(15)9-4-2-3-6(13)14/h2-4H2,1H3,(H,13,14)(H2,9,10,12,15). The first-order chi connectivity index (χ1) is 7.58. The number of aromatic nitrogens is 2. The first kappa shape index (κ1) is 12.4. The van der Waals surface area contributed by atoms with Crippen LogP contribution in [0, 0.1) is 6.92 Å². The number of aliphatic carboxylic acids is 1. The molecule has 0 saturated heterocycles. The van der Waals surface area contributed by atoms with Crippen LogP contribution in [0.3, 0.4) is 0 Å². The Kier molecular flexibility index (Phi) is 4.65. The molecule has 0 bridgehead atoms. The zero-order valence-electron chi connectivity index (χ0n) is 8.69. The summed E-state index contributed by atoms with van der Waals surface area (Å²) in [7, 11) is 0. The van der Waals surface area contributed by atoms with E-state index in [4.69, 9.17) is 5.11 Å². The van der Waals surface area contributed by atoms with Crippen molar-refractivity contribution in [2.75, 3.05) is 11.9 Å². The predicted octanol–water partition coefficient (Wildman–Crippen LogP) is 0.833. The van der Waals surface area contributed by atoms with Gasteiger partial charge >= 0.3 is 12.0 Å².